The summed E-state index contributed by atoms with van der Waals surface area (Å²) in [4.78, 5) is 4.53. The van der Waals surface area contributed by atoms with Crippen molar-refractivity contribution in [3.8, 4) is 11.3 Å². The fourth-order valence-electron chi connectivity index (χ4n) is 1.92. The molecule has 2 aromatic heterocycles. The Labute approximate surface area is 98.5 Å². The van der Waals surface area contributed by atoms with E-state index in [4.69, 9.17) is 5.11 Å². The van der Waals surface area contributed by atoms with Gasteiger partial charge in [0.1, 0.15) is 0 Å². The van der Waals surface area contributed by atoms with Gasteiger partial charge in [0.2, 0.25) is 0 Å². The standard InChI is InChI=1S/C13H13N3O/c1-9-6-13-14-12(7-16(13)15-9)11-4-2-10(8-17)3-5-11/h2-7,15,17H,8H2,1H3. The van der Waals surface area contributed by atoms with Gasteiger partial charge in [-0.15, -0.1) is 0 Å². The van der Waals surface area contributed by atoms with E-state index in [1.807, 2.05) is 48.0 Å². The molecule has 0 atom stereocenters. The lowest BCUT2D eigenvalue weighted by molar-refractivity contribution is 0.282. The minimum absolute atomic E-state index is 0.0729. The number of rotatable bonds is 2. The average molecular weight is 227 g/mol. The van der Waals surface area contributed by atoms with Crippen molar-refractivity contribution in [3.05, 3.63) is 47.8 Å². The molecule has 86 valence electrons. The SMILES string of the molecule is Cc1cc2nc(-c3ccc(CO)cc3)cn2[nH]1. The number of aliphatic hydroxyl groups is 1. The first-order valence-corrected chi connectivity index (χ1v) is 5.51. The first-order valence-electron chi connectivity index (χ1n) is 5.51. The van der Waals surface area contributed by atoms with Crippen LogP contribution in [0.2, 0.25) is 0 Å². The molecule has 0 radical (unpaired) electrons. The highest BCUT2D eigenvalue weighted by Crippen LogP contribution is 2.19. The van der Waals surface area contributed by atoms with Crippen LogP contribution in [0.25, 0.3) is 16.9 Å². The van der Waals surface area contributed by atoms with Crippen LogP contribution in [0.1, 0.15) is 11.3 Å². The first kappa shape index (κ1) is 10.1. The van der Waals surface area contributed by atoms with Gasteiger partial charge in [-0.25, -0.2) is 9.50 Å². The Hall–Kier alpha value is -2.07. The van der Waals surface area contributed by atoms with Gasteiger partial charge in [0, 0.05) is 17.3 Å². The fourth-order valence-corrected chi connectivity index (χ4v) is 1.92. The molecule has 4 heteroatoms. The maximum Gasteiger partial charge on any atom is 0.153 e. The number of hydrogen-bond donors (Lipinski definition) is 2. The Kier molecular flexibility index (Phi) is 2.23. The fraction of sp³-hybridized carbons (Fsp3) is 0.154. The number of hydrogen-bond acceptors (Lipinski definition) is 2. The number of aromatic nitrogens is 3. The van der Waals surface area contributed by atoms with E-state index in [9.17, 15) is 0 Å². The zero-order valence-electron chi connectivity index (χ0n) is 9.51. The minimum atomic E-state index is 0.0729. The molecule has 0 amide bonds. The third kappa shape index (κ3) is 1.72. The molecule has 3 rings (SSSR count). The van der Waals surface area contributed by atoms with E-state index in [1.165, 1.54) is 0 Å². The molecule has 0 aliphatic heterocycles. The Morgan fingerprint density at radius 2 is 2.06 bits per heavy atom. The van der Waals surface area contributed by atoms with Crippen LogP contribution in [0.4, 0.5) is 0 Å². The molecule has 0 fully saturated rings. The van der Waals surface area contributed by atoms with Gasteiger partial charge in [0.25, 0.3) is 0 Å². The van der Waals surface area contributed by atoms with Crippen molar-refractivity contribution in [3.63, 3.8) is 0 Å². The molecule has 17 heavy (non-hydrogen) atoms. The molecule has 0 aliphatic carbocycles. The van der Waals surface area contributed by atoms with Gasteiger partial charge in [-0.05, 0) is 12.5 Å². The van der Waals surface area contributed by atoms with Crippen molar-refractivity contribution in [2.75, 3.05) is 0 Å². The molecule has 0 unspecified atom stereocenters. The number of H-pyrrole nitrogens is 1. The van der Waals surface area contributed by atoms with Crippen molar-refractivity contribution >= 4 is 5.65 Å². The smallest absolute Gasteiger partial charge is 0.153 e. The molecule has 0 saturated heterocycles. The largest absolute Gasteiger partial charge is 0.392 e. The predicted octanol–water partition coefficient (Wildman–Crippen LogP) is 2.13. The van der Waals surface area contributed by atoms with Crippen LogP contribution >= 0.6 is 0 Å². The summed E-state index contributed by atoms with van der Waals surface area (Å²) in [6.07, 6.45) is 1.97. The van der Waals surface area contributed by atoms with E-state index >= 15 is 0 Å². The summed E-state index contributed by atoms with van der Waals surface area (Å²) in [6.45, 7) is 2.08. The third-order valence-corrected chi connectivity index (χ3v) is 2.81. The molecule has 2 N–H and O–H groups in total. The Morgan fingerprint density at radius 3 is 2.71 bits per heavy atom. The van der Waals surface area contributed by atoms with E-state index in [0.717, 1.165) is 28.2 Å². The second-order valence-electron chi connectivity index (χ2n) is 4.15. The number of imidazole rings is 1. The summed E-state index contributed by atoms with van der Waals surface area (Å²) in [5, 5.41) is 12.2. The number of benzene rings is 1. The van der Waals surface area contributed by atoms with Crippen LogP contribution in [-0.4, -0.2) is 19.7 Å². The number of aryl methyl sites for hydroxylation is 1. The second-order valence-corrected chi connectivity index (χ2v) is 4.15. The summed E-state index contributed by atoms with van der Waals surface area (Å²) in [5.74, 6) is 0. The van der Waals surface area contributed by atoms with E-state index < -0.39 is 0 Å². The summed E-state index contributed by atoms with van der Waals surface area (Å²) >= 11 is 0. The molecule has 3 aromatic rings. The highest BCUT2D eigenvalue weighted by Gasteiger charge is 2.05. The lowest BCUT2D eigenvalue weighted by Gasteiger charge is -1.98. The number of nitrogens with one attached hydrogen (secondary N) is 1. The minimum Gasteiger partial charge on any atom is -0.392 e. The number of aromatic amines is 1. The average Bonchev–Trinajstić information content (AvgIpc) is 2.86. The number of fused-ring (bicyclic) bond motifs is 1. The van der Waals surface area contributed by atoms with Crippen molar-refractivity contribution in [2.45, 2.75) is 13.5 Å². The summed E-state index contributed by atoms with van der Waals surface area (Å²) in [5.41, 5.74) is 4.91. The van der Waals surface area contributed by atoms with Gasteiger partial charge in [0.15, 0.2) is 5.65 Å². The highest BCUT2D eigenvalue weighted by atomic mass is 16.3. The van der Waals surface area contributed by atoms with E-state index in [1.54, 1.807) is 0 Å². The van der Waals surface area contributed by atoms with Gasteiger partial charge in [-0.2, -0.15) is 0 Å². The Balaban J connectivity index is 2.04. The van der Waals surface area contributed by atoms with Crippen LogP contribution in [0.3, 0.4) is 0 Å². The second kappa shape index (κ2) is 3.75. The summed E-state index contributed by atoms with van der Waals surface area (Å²) in [6, 6.07) is 9.77. The van der Waals surface area contributed by atoms with Gasteiger partial charge in [0.05, 0.1) is 18.5 Å². The molecule has 4 nitrogen and oxygen atoms in total. The van der Waals surface area contributed by atoms with Crippen molar-refractivity contribution in [2.24, 2.45) is 0 Å². The molecule has 0 aliphatic rings. The summed E-state index contributed by atoms with van der Waals surface area (Å²) < 4.78 is 1.91. The van der Waals surface area contributed by atoms with Crippen LogP contribution in [0, 0.1) is 6.92 Å². The van der Waals surface area contributed by atoms with Gasteiger partial charge < -0.3 is 5.11 Å². The molecule has 0 bridgehead atoms. The lowest BCUT2D eigenvalue weighted by atomic mass is 10.1. The normalized spacial score (nSPS) is 11.2. The van der Waals surface area contributed by atoms with E-state index in [-0.39, 0.29) is 6.61 Å². The monoisotopic (exact) mass is 227 g/mol. The van der Waals surface area contributed by atoms with Gasteiger partial charge in [-0.3, -0.25) is 5.10 Å². The van der Waals surface area contributed by atoms with Crippen LogP contribution in [0.5, 0.6) is 0 Å². The summed E-state index contributed by atoms with van der Waals surface area (Å²) in [7, 11) is 0. The maximum atomic E-state index is 8.99. The lowest BCUT2D eigenvalue weighted by Crippen LogP contribution is -1.83. The Bertz CT molecular complexity index is 617. The number of aliphatic hydroxyl groups excluding tert-OH is 1. The van der Waals surface area contributed by atoms with E-state index in [0.29, 0.717) is 0 Å². The van der Waals surface area contributed by atoms with E-state index in [2.05, 4.69) is 10.1 Å². The maximum absolute atomic E-state index is 8.99. The molecule has 1 aromatic carbocycles. The Morgan fingerprint density at radius 1 is 1.29 bits per heavy atom. The molecular formula is C13H13N3O. The predicted molar refractivity (Wildman–Crippen MR) is 65.6 cm³/mol. The first-order chi connectivity index (χ1) is 8.26. The van der Waals surface area contributed by atoms with Gasteiger partial charge in [-0.1, -0.05) is 24.3 Å². The highest BCUT2D eigenvalue weighted by molar-refractivity contribution is 5.62. The third-order valence-electron chi connectivity index (χ3n) is 2.81. The molecule has 2 heterocycles. The van der Waals surface area contributed by atoms with Crippen LogP contribution in [0.15, 0.2) is 36.5 Å². The molecular weight excluding hydrogens is 214 g/mol. The van der Waals surface area contributed by atoms with Crippen LogP contribution < -0.4 is 0 Å². The zero-order chi connectivity index (χ0) is 11.8. The molecule has 0 saturated carbocycles. The zero-order valence-corrected chi connectivity index (χ0v) is 9.51. The van der Waals surface area contributed by atoms with Crippen molar-refractivity contribution < 1.29 is 5.11 Å². The van der Waals surface area contributed by atoms with Crippen molar-refractivity contribution in [1.82, 2.24) is 14.6 Å². The van der Waals surface area contributed by atoms with Gasteiger partial charge >= 0.3 is 0 Å². The van der Waals surface area contributed by atoms with Crippen molar-refractivity contribution in [1.29, 1.82) is 0 Å². The number of nitrogens with zero attached hydrogens (tertiary/aromatic N) is 2. The topological polar surface area (TPSA) is 53.3 Å². The quantitative estimate of drug-likeness (QED) is 0.704. The molecule has 0 spiro atoms. The van der Waals surface area contributed by atoms with Crippen LogP contribution in [-0.2, 0) is 6.61 Å².